The van der Waals surface area contributed by atoms with Crippen LogP contribution in [-0.4, -0.2) is 19.3 Å². The Hall–Kier alpha value is -3.07. The molecule has 3 aromatic carbocycles. The number of benzene rings is 3. The van der Waals surface area contributed by atoms with Crippen molar-refractivity contribution in [2.45, 2.75) is 19.3 Å². The summed E-state index contributed by atoms with van der Waals surface area (Å²) in [4.78, 5) is 7.07. The molecule has 1 heterocycles. The second-order valence-electron chi connectivity index (χ2n) is 6.81. The van der Waals surface area contributed by atoms with Crippen LogP contribution in [0.15, 0.2) is 83.9 Å². The van der Waals surface area contributed by atoms with E-state index in [9.17, 15) is 0 Å². The van der Waals surface area contributed by atoms with Crippen molar-refractivity contribution < 1.29 is 4.74 Å². The molecular formula is C24H24N2O. The number of aliphatic imine (C=N–C) groups is 1. The van der Waals surface area contributed by atoms with Crippen LogP contribution in [-0.2, 0) is 0 Å². The number of anilines is 1. The Morgan fingerprint density at radius 1 is 0.741 bits per heavy atom. The molecule has 3 heteroatoms. The number of nitrogens with zero attached hydrogens (tertiary/aromatic N) is 2. The van der Waals surface area contributed by atoms with Gasteiger partial charge in [-0.25, -0.2) is 0 Å². The smallest absolute Gasteiger partial charge is 0.128 e. The summed E-state index contributed by atoms with van der Waals surface area (Å²) in [5.74, 6) is 1.64. The van der Waals surface area contributed by atoms with Crippen molar-refractivity contribution >= 4 is 17.6 Å². The minimum atomic E-state index is 0.811. The molecule has 0 aliphatic carbocycles. The standard InChI is InChI=1S/C24H24N2O/c1-3-9-23(10-4-1)27-24-11-7-8-20(18-24)19-25-21-12-14-22(15-13-21)26-16-5-2-6-17-26/h1,3-4,7-15,18-19H,2,5-6,16-17H2. The molecule has 3 aromatic rings. The van der Waals surface area contributed by atoms with Crippen LogP contribution in [0.4, 0.5) is 11.4 Å². The quantitative estimate of drug-likeness (QED) is 0.507. The molecule has 0 atom stereocenters. The maximum atomic E-state index is 5.89. The second-order valence-corrected chi connectivity index (χ2v) is 6.81. The summed E-state index contributed by atoms with van der Waals surface area (Å²) >= 11 is 0. The van der Waals surface area contributed by atoms with Crippen LogP contribution in [0.1, 0.15) is 24.8 Å². The van der Waals surface area contributed by atoms with E-state index in [-0.39, 0.29) is 0 Å². The molecule has 1 aliphatic heterocycles. The average Bonchev–Trinajstić information content (AvgIpc) is 2.74. The van der Waals surface area contributed by atoms with Crippen LogP contribution in [0.5, 0.6) is 11.5 Å². The van der Waals surface area contributed by atoms with Gasteiger partial charge in [0.2, 0.25) is 0 Å². The fraction of sp³-hybridized carbons (Fsp3) is 0.208. The summed E-state index contributed by atoms with van der Waals surface area (Å²) in [6.45, 7) is 2.33. The lowest BCUT2D eigenvalue weighted by atomic mass is 10.1. The molecule has 0 aromatic heterocycles. The first-order valence-corrected chi connectivity index (χ1v) is 9.59. The van der Waals surface area contributed by atoms with Crippen LogP contribution in [0.25, 0.3) is 0 Å². The molecule has 3 nitrogen and oxygen atoms in total. The number of ether oxygens (including phenoxy) is 1. The molecule has 1 aliphatic rings. The number of hydrogen-bond acceptors (Lipinski definition) is 3. The second kappa shape index (κ2) is 8.54. The van der Waals surface area contributed by atoms with E-state index in [4.69, 9.17) is 4.74 Å². The predicted molar refractivity (Wildman–Crippen MR) is 113 cm³/mol. The fourth-order valence-electron chi connectivity index (χ4n) is 3.33. The van der Waals surface area contributed by atoms with Crippen molar-refractivity contribution in [2.24, 2.45) is 4.99 Å². The van der Waals surface area contributed by atoms with Gasteiger partial charge < -0.3 is 9.64 Å². The molecule has 4 rings (SSSR count). The summed E-state index contributed by atoms with van der Waals surface area (Å²) in [5.41, 5.74) is 3.28. The van der Waals surface area contributed by atoms with Gasteiger partial charge in [0.15, 0.2) is 0 Å². The summed E-state index contributed by atoms with van der Waals surface area (Å²) in [5, 5.41) is 0. The van der Waals surface area contributed by atoms with E-state index < -0.39 is 0 Å². The molecule has 0 spiro atoms. The van der Waals surface area contributed by atoms with Gasteiger partial charge in [-0.15, -0.1) is 0 Å². The molecule has 1 fully saturated rings. The average molecular weight is 356 g/mol. The molecule has 0 amide bonds. The van der Waals surface area contributed by atoms with Gasteiger partial charge in [0.25, 0.3) is 0 Å². The number of para-hydroxylation sites is 1. The molecular weight excluding hydrogens is 332 g/mol. The van der Waals surface area contributed by atoms with Crippen molar-refractivity contribution in [3.63, 3.8) is 0 Å². The molecule has 0 bridgehead atoms. The molecule has 27 heavy (non-hydrogen) atoms. The summed E-state index contributed by atoms with van der Waals surface area (Å²) in [6.07, 6.45) is 5.82. The van der Waals surface area contributed by atoms with Gasteiger partial charge in [0.05, 0.1) is 5.69 Å². The Balaban J connectivity index is 1.42. The van der Waals surface area contributed by atoms with Gasteiger partial charge in [-0.05, 0) is 73.4 Å². The first-order chi connectivity index (χ1) is 13.4. The third-order valence-corrected chi connectivity index (χ3v) is 4.77. The van der Waals surface area contributed by atoms with E-state index >= 15 is 0 Å². The molecule has 0 N–H and O–H groups in total. The number of hydrogen-bond donors (Lipinski definition) is 0. The van der Waals surface area contributed by atoms with E-state index in [2.05, 4.69) is 34.2 Å². The zero-order chi connectivity index (χ0) is 18.3. The fourth-order valence-corrected chi connectivity index (χ4v) is 3.33. The third kappa shape index (κ3) is 4.76. The van der Waals surface area contributed by atoms with Gasteiger partial charge in [0, 0.05) is 25.0 Å². The Morgan fingerprint density at radius 2 is 1.48 bits per heavy atom. The van der Waals surface area contributed by atoms with Gasteiger partial charge in [-0.2, -0.15) is 0 Å². The predicted octanol–water partition coefficient (Wildman–Crippen LogP) is 6.22. The first-order valence-electron chi connectivity index (χ1n) is 9.59. The van der Waals surface area contributed by atoms with Crippen molar-refractivity contribution in [2.75, 3.05) is 18.0 Å². The monoisotopic (exact) mass is 356 g/mol. The maximum absolute atomic E-state index is 5.89. The zero-order valence-electron chi connectivity index (χ0n) is 15.4. The van der Waals surface area contributed by atoms with E-state index in [1.165, 1.54) is 24.9 Å². The highest BCUT2D eigenvalue weighted by Gasteiger charge is 2.10. The van der Waals surface area contributed by atoms with Gasteiger partial charge in [-0.1, -0.05) is 30.3 Å². The topological polar surface area (TPSA) is 24.8 Å². The van der Waals surface area contributed by atoms with Crippen LogP contribution in [0.2, 0.25) is 0 Å². The van der Waals surface area contributed by atoms with E-state index in [0.717, 1.165) is 35.8 Å². The Labute approximate surface area is 160 Å². The highest BCUT2D eigenvalue weighted by molar-refractivity contribution is 5.82. The minimum absolute atomic E-state index is 0.811. The Kier molecular flexibility index (Phi) is 5.49. The Morgan fingerprint density at radius 3 is 2.26 bits per heavy atom. The summed E-state index contributed by atoms with van der Waals surface area (Å²) < 4.78 is 5.89. The SMILES string of the molecule is C(=Nc1ccc(N2CCCCC2)cc1)c1cccc(Oc2ccccc2)c1. The lowest BCUT2D eigenvalue weighted by molar-refractivity contribution is 0.482. The molecule has 136 valence electrons. The molecule has 0 saturated carbocycles. The molecule has 1 saturated heterocycles. The minimum Gasteiger partial charge on any atom is -0.457 e. The zero-order valence-corrected chi connectivity index (χ0v) is 15.4. The largest absolute Gasteiger partial charge is 0.457 e. The van der Waals surface area contributed by atoms with Crippen LogP contribution >= 0.6 is 0 Å². The summed E-state index contributed by atoms with van der Waals surface area (Å²) in [6, 6.07) is 26.3. The van der Waals surface area contributed by atoms with Crippen LogP contribution < -0.4 is 9.64 Å². The van der Waals surface area contributed by atoms with E-state index in [0.29, 0.717) is 0 Å². The summed E-state index contributed by atoms with van der Waals surface area (Å²) in [7, 11) is 0. The maximum Gasteiger partial charge on any atom is 0.128 e. The van der Waals surface area contributed by atoms with Crippen molar-refractivity contribution in [3.8, 4) is 11.5 Å². The van der Waals surface area contributed by atoms with Crippen LogP contribution in [0, 0.1) is 0 Å². The number of rotatable bonds is 5. The van der Waals surface area contributed by atoms with Crippen LogP contribution in [0.3, 0.4) is 0 Å². The van der Waals surface area contributed by atoms with Gasteiger partial charge >= 0.3 is 0 Å². The normalized spacial score (nSPS) is 14.4. The van der Waals surface area contributed by atoms with E-state index in [1.807, 2.05) is 60.8 Å². The van der Waals surface area contributed by atoms with E-state index in [1.54, 1.807) is 0 Å². The van der Waals surface area contributed by atoms with Crippen molar-refractivity contribution in [3.05, 3.63) is 84.4 Å². The first kappa shape index (κ1) is 17.3. The lowest BCUT2D eigenvalue weighted by Crippen LogP contribution is -2.29. The highest BCUT2D eigenvalue weighted by Crippen LogP contribution is 2.24. The van der Waals surface area contributed by atoms with Crippen molar-refractivity contribution in [1.82, 2.24) is 0 Å². The Bertz CT molecular complexity index is 882. The number of piperidine rings is 1. The molecule has 0 unspecified atom stereocenters. The third-order valence-electron chi connectivity index (χ3n) is 4.77. The molecule has 0 radical (unpaired) electrons. The van der Waals surface area contributed by atoms with Crippen molar-refractivity contribution in [1.29, 1.82) is 0 Å². The van der Waals surface area contributed by atoms with Gasteiger partial charge in [0.1, 0.15) is 11.5 Å². The lowest BCUT2D eigenvalue weighted by Gasteiger charge is -2.28. The highest BCUT2D eigenvalue weighted by atomic mass is 16.5. The van der Waals surface area contributed by atoms with Gasteiger partial charge in [-0.3, -0.25) is 4.99 Å².